The fraction of sp³-hybridized carbons (Fsp3) is 0.643. The fourth-order valence-electron chi connectivity index (χ4n) is 2.32. The number of nitrogens with zero attached hydrogens (tertiary/aromatic N) is 1. The molecule has 1 aromatic heterocycles. The summed E-state index contributed by atoms with van der Waals surface area (Å²) in [6.07, 6.45) is 4.41. The number of hydrogen-bond donors (Lipinski definition) is 1. The lowest BCUT2D eigenvalue weighted by Crippen LogP contribution is -2.45. The first kappa shape index (κ1) is 13.7. The number of halogens is 1. The zero-order valence-corrected chi connectivity index (χ0v) is 13.0. The van der Waals surface area contributed by atoms with Crippen LogP contribution in [0, 0.1) is 5.92 Å². The predicted molar refractivity (Wildman–Crippen MR) is 76.8 cm³/mol. The number of nitrogens with one attached hydrogen (secondary N) is 1. The van der Waals surface area contributed by atoms with E-state index in [2.05, 4.69) is 48.9 Å². The first-order valence-electron chi connectivity index (χ1n) is 6.51. The number of rotatable bonds is 4. The number of amides is 1. The molecular formula is C14H21BrN2O. The van der Waals surface area contributed by atoms with Crippen molar-refractivity contribution in [2.24, 2.45) is 5.92 Å². The molecule has 1 N–H and O–H groups in total. The smallest absolute Gasteiger partial charge is 0.268 e. The summed E-state index contributed by atoms with van der Waals surface area (Å²) >= 11 is 3.44. The molecule has 1 saturated carbocycles. The van der Waals surface area contributed by atoms with Crippen molar-refractivity contribution in [1.29, 1.82) is 0 Å². The summed E-state index contributed by atoms with van der Waals surface area (Å²) in [5.74, 6) is 0.652. The number of carbonyl (C=O) groups excluding carboxylic acids is 1. The van der Waals surface area contributed by atoms with E-state index in [9.17, 15) is 4.79 Å². The molecule has 1 aliphatic rings. The minimum absolute atomic E-state index is 0.0197. The summed E-state index contributed by atoms with van der Waals surface area (Å²) < 4.78 is 2.95. The van der Waals surface area contributed by atoms with Gasteiger partial charge in [0.1, 0.15) is 5.69 Å². The predicted octanol–water partition coefficient (Wildman–Crippen LogP) is 3.75. The van der Waals surface area contributed by atoms with Gasteiger partial charge < -0.3 is 9.88 Å². The van der Waals surface area contributed by atoms with Gasteiger partial charge in [-0.05, 0) is 68.5 Å². The van der Waals surface area contributed by atoms with E-state index >= 15 is 0 Å². The van der Waals surface area contributed by atoms with Gasteiger partial charge in [0.25, 0.3) is 5.91 Å². The SMILES string of the molecule is CC(C)n1cc(Br)cc1C(=O)NC(C)(C)C1CC1. The second-order valence-corrected chi connectivity index (χ2v) is 6.91. The van der Waals surface area contributed by atoms with Gasteiger partial charge in [-0.25, -0.2) is 0 Å². The van der Waals surface area contributed by atoms with Crippen LogP contribution >= 0.6 is 15.9 Å². The van der Waals surface area contributed by atoms with E-state index in [-0.39, 0.29) is 17.5 Å². The van der Waals surface area contributed by atoms with Crippen LogP contribution < -0.4 is 5.32 Å². The third-order valence-corrected chi connectivity index (χ3v) is 4.07. The standard InChI is InChI=1S/C14H21BrN2O/c1-9(2)17-8-11(15)7-12(17)13(18)16-14(3,4)10-5-6-10/h7-10H,5-6H2,1-4H3,(H,16,18). The Balaban J connectivity index is 2.18. The van der Waals surface area contributed by atoms with E-state index in [1.54, 1.807) is 0 Å². The lowest BCUT2D eigenvalue weighted by atomic mass is 9.98. The highest BCUT2D eigenvalue weighted by molar-refractivity contribution is 9.10. The van der Waals surface area contributed by atoms with E-state index < -0.39 is 0 Å². The second kappa shape index (κ2) is 4.72. The molecule has 18 heavy (non-hydrogen) atoms. The molecule has 0 unspecified atom stereocenters. The third-order valence-electron chi connectivity index (χ3n) is 3.64. The second-order valence-electron chi connectivity index (χ2n) is 5.99. The monoisotopic (exact) mass is 312 g/mol. The van der Waals surface area contributed by atoms with Crippen molar-refractivity contribution in [3.05, 3.63) is 22.4 Å². The third kappa shape index (κ3) is 2.79. The molecule has 1 aromatic rings. The first-order chi connectivity index (χ1) is 8.31. The molecule has 0 aliphatic heterocycles. The molecule has 1 aliphatic carbocycles. The maximum absolute atomic E-state index is 12.4. The lowest BCUT2D eigenvalue weighted by molar-refractivity contribution is 0.0892. The van der Waals surface area contributed by atoms with Crippen LogP contribution in [0.3, 0.4) is 0 Å². The van der Waals surface area contributed by atoms with Gasteiger partial charge in [0.2, 0.25) is 0 Å². The molecule has 0 radical (unpaired) electrons. The van der Waals surface area contributed by atoms with Gasteiger partial charge in [-0.3, -0.25) is 4.79 Å². The zero-order valence-electron chi connectivity index (χ0n) is 11.5. The molecule has 1 fully saturated rings. The van der Waals surface area contributed by atoms with Crippen LogP contribution in [0.1, 0.15) is 57.1 Å². The number of carbonyl (C=O) groups is 1. The van der Waals surface area contributed by atoms with Crippen molar-refractivity contribution < 1.29 is 4.79 Å². The average Bonchev–Trinajstić information content (AvgIpc) is 3.01. The summed E-state index contributed by atoms with van der Waals surface area (Å²) in [5.41, 5.74) is 0.626. The molecular weight excluding hydrogens is 292 g/mol. The van der Waals surface area contributed by atoms with Gasteiger partial charge in [0.15, 0.2) is 0 Å². The summed E-state index contributed by atoms with van der Waals surface area (Å²) in [6.45, 7) is 8.38. The quantitative estimate of drug-likeness (QED) is 0.902. The Morgan fingerprint density at radius 3 is 2.61 bits per heavy atom. The van der Waals surface area contributed by atoms with Crippen molar-refractivity contribution in [2.45, 2.75) is 52.1 Å². The van der Waals surface area contributed by atoms with Crippen molar-refractivity contribution >= 4 is 21.8 Å². The molecule has 0 aromatic carbocycles. The Hall–Kier alpha value is -0.770. The van der Waals surface area contributed by atoms with Crippen LogP contribution in [-0.2, 0) is 0 Å². The Bertz CT molecular complexity index is 458. The highest BCUT2D eigenvalue weighted by Crippen LogP contribution is 2.39. The highest BCUT2D eigenvalue weighted by atomic mass is 79.9. The van der Waals surface area contributed by atoms with Gasteiger partial charge in [-0.2, -0.15) is 0 Å². The molecule has 4 heteroatoms. The van der Waals surface area contributed by atoms with Gasteiger partial charge >= 0.3 is 0 Å². The normalized spacial score (nSPS) is 16.1. The Morgan fingerprint density at radius 2 is 2.11 bits per heavy atom. The van der Waals surface area contributed by atoms with E-state index in [0.29, 0.717) is 5.92 Å². The largest absolute Gasteiger partial charge is 0.346 e. The molecule has 0 spiro atoms. The average molecular weight is 313 g/mol. The molecule has 0 bridgehead atoms. The Labute approximate surface area is 117 Å². The van der Waals surface area contributed by atoms with Crippen molar-refractivity contribution in [3.8, 4) is 0 Å². The number of hydrogen-bond acceptors (Lipinski definition) is 1. The van der Waals surface area contributed by atoms with Gasteiger partial charge in [-0.15, -0.1) is 0 Å². The van der Waals surface area contributed by atoms with E-state index in [0.717, 1.165) is 10.2 Å². The summed E-state index contributed by atoms with van der Waals surface area (Å²) in [4.78, 5) is 12.4. The minimum Gasteiger partial charge on any atom is -0.346 e. The molecule has 0 saturated heterocycles. The van der Waals surface area contributed by atoms with Gasteiger partial charge in [0.05, 0.1) is 0 Å². The maximum Gasteiger partial charge on any atom is 0.268 e. The van der Waals surface area contributed by atoms with Gasteiger partial charge in [-0.1, -0.05) is 0 Å². The van der Waals surface area contributed by atoms with Crippen LogP contribution in [0.5, 0.6) is 0 Å². The molecule has 3 nitrogen and oxygen atoms in total. The minimum atomic E-state index is -0.102. The highest BCUT2D eigenvalue weighted by Gasteiger charge is 2.39. The first-order valence-corrected chi connectivity index (χ1v) is 7.30. The van der Waals surface area contributed by atoms with Crippen molar-refractivity contribution in [3.63, 3.8) is 0 Å². The zero-order chi connectivity index (χ0) is 13.5. The van der Waals surface area contributed by atoms with Crippen LogP contribution in [0.15, 0.2) is 16.7 Å². The van der Waals surface area contributed by atoms with Crippen LogP contribution in [-0.4, -0.2) is 16.0 Å². The topological polar surface area (TPSA) is 34.0 Å². The maximum atomic E-state index is 12.4. The fourth-order valence-corrected chi connectivity index (χ4v) is 2.76. The summed E-state index contributed by atoms with van der Waals surface area (Å²) in [5, 5.41) is 3.16. The lowest BCUT2D eigenvalue weighted by Gasteiger charge is -2.26. The number of aromatic nitrogens is 1. The van der Waals surface area contributed by atoms with Crippen molar-refractivity contribution in [2.75, 3.05) is 0 Å². The Morgan fingerprint density at radius 1 is 1.50 bits per heavy atom. The molecule has 2 rings (SSSR count). The Kier molecular flexibility index (Phi) is 3.58. The van der Waals surface area contributed by atoms with Crippen LogP contribution in [0.2, 0.25) is 0 Å². The van der Waals surface area contributed by atoms with E-state index in [4.69, 9.17) is 0 Å². The van der Waals surface area contributed by atoms with E-state index in [1.165, 1.54) is 12.8 Å². The molecule has 1 heterocycles. The molecule has 1 amide bonds. The molecule has 100 valence electrons. The van der Waals surface area contributed by atoms with Crippen molar-refractivity contribution in [1.82, 2.24) is 9.88 Å². The molecule has 0 atom stereocenters. The van der Waals surface area contributed by atoms with Crippen LogP contribution in [0.25, 0.3) is 0 Å². The van der Waals surface area contributed by atoms with Gasteiger partial charge in [0, 0.05) is 22.3 Å². The van der Waals surface area contributed by atoms with Crippen LogP contribution in [0.4, 0.5) is 0 Å². The summed E-state index contributed by atoms with van der Waals surface area (Å²) in [7, 11) is 0. The summed E-state index contributed by atoms with van der Waals surface area (Å²) in [6, 6.07) is 2.17. The van der Waals surface area contributed by atoms with E-state index in [1.807, 2.05) is 16.8 Å².